The largest absolute Gasteiger partial charge is 0.444 e. The molecule has 2 heterocycles. The van der Waals surface area contributed by atoms with Gasteiger partial charge in [-0.3, -0.25) is 4.90 Å². The van der Waals surface area contributed by atoms with Crippen molar-refractivity contribution >= 4 is 6.09 Å². The van der Waals surface area contributed by atoms with E-state index in [1.165, 1.54) is 0 Å². The Bertz CT molecular complexity index is 319. The lowest BCUT2D eigenvalue weighted by molar-refractivity contribution is 0.0276. The molecule has 2 N–H and O–H groups in total. The van der Waals surface area contributed by atoms with Gasteiger partial charge in [0.15, 0.2) is 0 Å². The van der Waals surface area contributed by atoms with Crippen LogP contribution in [0.3, 0.4) is 0 Å². The molecule has 2 fully saturated rings. The van der Waals surface area contributed by atoms with Crippen molar-refractivity contribution in [2.45, 2.75) is 57.7 Å². The highest BCUT2D eigenvalue weighted by atomic mass is 16.6. The van der Waals surface area contributed by atoms with Crippen LogP contribution in [0.15, 0.2) is 0 Å². The second-order valence-corrected chi connectivity index (χ2v) is 6.74. The SMILES string of the molecule is CC(C)(C)OC(=O)N1CCC(N2CCC(N)CC2)C1. The minimum absolute atomic E-state index is 0.177. The monoisotopic (exact) mass is 269 g/mol. The van der Waals surface area contributed by atoms with E-state index in [1.807, 2.05) is 25.7 Å². The number of amides is 1. The standard InChI is InChI=1S/C14H27N3O2/c1-14(2,3)19-13(18)17-9-6-12(10-17)16-7-4-11(15)5-8-16/h11-12H,4-10,15H2,1-3H3. The summed E-state index contributed by atoms with van der Waals surface area (Å²) in [6, 6.07) is 0.847. The van der Waals surface area contributed by atoms with Crippen molar-refractivity contribution in [2.75, 3.05) is 26.2 Å². The average Bonchev–Trinajstić information content (AvgIpc) is 2.77. The van der Waals surface area contributed by atoms with E-state index in [9.17, 15) is 4.79 Å². The third-order valence-electron chi connectivity index (χ3n) is 3.91. The maximum absolute atomic E-state index is 12.0. The second-order valence-electron chi connectivity index (χ2n) is 6.74. The van der Waals surface area contributed by atoms with Gasteiger partial charge in [0.2, 0.25) is 0 Å². The molecule has 2 aliphatic rings. The van der Waals surface area contributed by atoms with Gasteiger partial charge in [-0.05, 0) is 53.1 Å². The first-order chi connectivity index (χ1) is 8.85. The number of nitrogens with zero attached hydrogens (tertiary/aromatic N) is 2. The smallest absolute Gasteiger partial charge is 0.410 e. The van der Waals surface area contributed by atoms with E-state index in [0.29, 0.717) is 12.1 Å². The van der Waals surface area contributed by atoms with E-state index in [2.05, 4.69) is 4.90 Å². The van der Waals surface area contributed by atoms with Crippen molar-refractivity contribution in [1.82, 2.24) is 9.80 Å². The highest BCUT2D eigenvalue weighted by molar-refractivity contribution is 5.68. The van der Waals surface area contributed by atoms with Crippen molar-refractivity contribution in [3.63, 3.8) is 0 Å². The molecule has 1 unspecified atom stereocenters. The molecule has 0 aromatic heterocycles. The van der Waals surface area contributed by atoms with Crippen LogP contribution in [0.1, 0.15) is 40.0 Å². The highest BCUT2D eigenvalue weighted by Crippen LogP contribution is 2.21. The van der Waals surface area contributed by atoms with Gasteiger partial charge in [0.05, 0.1) is 0 Å². The van der Waals surface area contributed by atoms with Gasteiger partial charge in [0.1, 0.15) is 5.60 Å². The van der Waals surface area contributed by atoms with Crippen LogP contribution in [-0.2, 0) is 4.74 Å². The maximum atomic E-state index is 12.0. The van der Waals surface area contributed by atoms with E-state index >= 15 is 0 Å². The predicted octanol–water partition coefficient (Wildman–Crippen LogP) is 1.42. The summed E-state index contributed by atoms with van der Waals surface area (Å²) < 4.78 is 5.42. The Morgan fingerprint density at radius 1 is 1.16 bits per heavy atom. The second kappa shape index (κ2) is 5.67. The molecule has 2 saturated heterocycles. The van der Waals surface area contributed by atoms with Crippen LogP contribution in [0.5, 0.6) is 0 Å². The molecule has 19 heavy (non-hydrogen) atoms. The summed E-state index contributed by atoms with van der Waals surface area (Å²) in [5.41, 5.74) is 5.52. The molecule has 0 aromatic rings. The highest BCUT2D eigenvalue weighted by Gasteiger charge is 2.33. The van der Waals surface area contributed by atoms with Gasteiger partial charge in [-0.15, -0.1) is 0 Å². The first-order valence-corrected chi connectivity index (χ1v) is 7.33. The zero-order valence-corrected chi connectivity index (χ0v) is 12.4. The Morgan fingerprint density at radius 2 is 1.79 bits per heavy atom. The lowest BCUT2D eigenvalue weighted by Crippen LogP contribution is -2.46. The number of hydrogen-bond donors (Lipinski definition) is 1. The van der Waals surface area contributed by atoms with Crippen LogP contribution in [0.2, 0.25) is 0 Å². The van der Waals surface area contributed by atoms with Gasteiger partial charge in [0, 0.05) is 25.2 Å². The maximum Gasteiger partial charge on any atom is 0.410 e. The van der Waals surface area contributed by atoms with Crippen LogP contribution in [0.25, 0.3) is 0 Å². The molecule has 5 nitrogen and oxygen atoms in total. The lowest BCUT2D eigenvalue weighted by atomic mass is 10.0. The molecule has 0 saturated carbocycles. The fourth-order valence-corrected chi connectivity index (χ4v) is 2.82. The summed E-state index contributed by atoms with van der Waals surface area (Å²) in [4.78, 5) is 16.3. The Balaban J connectivity index is 1.81. The number of hydrogen-bond acceptors (Lipinski definition) is 4. The molecule has 5 heteroatoms. The summed E-state index contributed by atoms with van der Waals surface area (Å²) in [6.07, 6.45) is 3.02. The van der Waals surface area contributed by atoms with Gasteiger partial charge in [-0.1, -0.05) is 0 Å². The molecule has 0 spiro atoms. The molecule has 2 rings (SSSR count). The topological polar surface area (TPSA) is 58.8 Å². The summed E-state index contributed by atoms with van der Waals surface area (Å²) in [6.45, 7) is 9.45. The number of piperidine rings is 1. The molecular weight excluding hydrogens is 242 g/mol. The molecule has 0 aromatic carbocycles. The molecular formula is C14H27N3O2. The van der Waals surface area contributed by atoms with Crippen molar-refractivity contribution in [3.05, 3.63) is 0 Å². The van der Waals surface area contributed by atoms with Crippen LogP contribution in [0.4, 0.5) is 4.79 Å². The van der Waals surface area contributed by atoms with E-state index in [-0.39, 0.29) is 6.09 Å². The van der Waals surface area contributed by atoms with Crippen LogP contribution in [0, 0.1) is 0 Å². The van der Waals surface area contributed by atoms with Crippen molar-refractivity contribution in [2.24, 2.45) is 5.73 Å². The Kier molecular flexibility index (Phi) is 4.36. The Morgan fingerprint density at radius 3 is 2.37 bits per heavy atom. The normalized spacial score (nSPS) is 26.7. The van der Waals surface area contributed by atoms with Gasteiger partial charge in [-0.2, -0.15) is 0 Å². The third-order valence-corrected chi connectivity index (χ3v) is 3.91. The fraction of sp³-hybridized carbons (Fsp3) is 0.929. The first-order valence-electron chi connectivity index (χ1n) is 7.33. The van der Waals surface area contributed by atoms with Crippen LogP contribution < -0.4 is 5.73 Å². The molecule has 0 aliphatic carbocycles. The number of carbonyl (C=O) groups excluding carboxylic acids is 1. The van der Waals surface area contributed by atoms with E-state index in [4.69, 9.17) is 10.5 Å². The number of carbonyl (C=O) groups is 1. The quantitative estimate of drug-likeness (QED) is 0.782. The van der Waals surface area contributed by atoms with E-state index in [0.717, 1.165) is 45.4 Å². The molecule has 1 amide bonds. The zero-order chi connectivity index (χ0) is 14.0. The Hall–Kier alpha value is -0.810. The summed E-state index contributed by atoms with van der Waals surface area (Å²) in [5.74, 6) is 0. The minimum Gasteiger partial charge on any atom is -0.444 e. The minimum atomic E-state index is -0.410. The van der Waals surface area contributed by atoms with E-state index < -0.39 is 5.60 Å². The molecule has 0 bridgehead atoms. The predicted molar refractivity (Wildman–Crippen MR) is 75.0 cm³/mol. The van der Waals surface area contributed by atoms with Crippen molar-refractivity contribution in [1.29, 1.82) is 0 Å². The molecule has 0 radical (unpaired) electrons. The lowest BCUT2D eigenvalue weighted by Gasteiger charge is -2.34. The van der Waals surface area contributed by atoms with Crippen LogP contribution >= 0.6 is 0 Å². The van der Waals surface area contributed by atoms with E-state index in [1.54, 1.807) is 0 Å². The zero-order valence-electron chi connectivity index (χ0n) is 12.4. The van der Waals surface area contributed by atoms with Gasteiger partial charge in [0.25, 0.3) is 0 Å². The molecule has 110 valence electrons. The van der Waals surface area contributed by atoms with Crippen LogP contribution in [-0.4, -0.2) is 59.8 Å². The fourth-order valence-electron chi connectivity index (χ4n) is 2.82. The third kappa shape index (κ3) is 4.08. The van der Waals surface area contributed by atoms with Crippen molar-refractivity contribution < 1.29 is 9.53 Å². The summed E-state index contributed by atoms with van der Waals surface area (Å²) in [7, 11) is 0. The number of rotatable bonds is 1. The summed E-state index contributed by atoms with van der Waals surface area (Å²) in [5, 5.41) is 0. The van der Waals surface area contributed by atoms with Gasteiger partial charge < -0.3 is 15.4 Å². The average molecular weight is 269 g/mol. The van der Waals surface area contributed by atoms with Gasteiger partial charge >= 0.3 is 6.09 Å². The van der Waals surface area contributed by atoms with Gasteiger partial charge in [-0.25, -0.2) is 4.79 Å². The summed E-state index contributed by atoms with van der Waals surface area (Å²) >= 11 is 0. The first kappa shape index (κ1) is 14.6. The molecule has 1 atom stereocenters. The number of likely N-dealkylation sites (tertiary alicyclic amines) is 2. The number of ether oxygens (including phenoxy) is 1. The molecule has 2 aliphatic heterocycles. The Labute approximate surface area is 116 Å². The van der Waals surface area contributed by atoms with Crippen molar-refractivity contribution in [3.8, 4) is 0 Å². The number of nitrogens with two attached hydrogens (primary N) is 1.